The van der Waals surface area contributed by atoms with E-state index < -0.39 is 11.9 Å². The average Bonchev–Trinajstić information content (AvgIpc) is 3.00. The lowest BCUT2D eigenvalue weighted by molar-refractivity contribution is -0.115. The number of rotatable bonds is 3. The lowest BCUT2D eigenvalue weighted by Crippen LogP contribution is -2.47. The molecule has 0 spiro atoms. The highest BCUT2D eigenvalue weighted by Crippen LogP contribution is 2.15. The van der Waals surface area contributed by atoms with Gasteiger partial charge in [0.15, 0.2) is 0 Å². The zero-order valence-corrected chi connectivity index (χ0v) is 13.8. The van der Waals surface area contributed by atoms with Crippen LogP contribution in [-0.4, -0.2) is 58.1 Å². The number of nitrogens with one attached hydrogen (secondary N) is 2. The molecule has 4 rings (SSSR count). The summed E-state index contributed by atoms with van der Waals surface area (Å²) in [5.41, 5.74) is 0.724. The zero-order chi connectivity index (χ0) is 17.9. The minimum Gasteiger partial charge on any atom is -0.337 e. The van der Waals surface area contributed by atoms with Gasteiger partial charge in [0.25, 0.3) is 5.91 Å². The standard InChI is InChI=1S/C16H16N8O2/c25-13-12(21-16(26)22-13)10-11-2-5-19-15(20-11)24-8-6-23(7-9-24)14-17-3-1-4-18-14/h1-5,10H,6-9H2,(H2,21,22,25,26)/b12-10-. The predicted octanol–water partition coefficient (Wildman–Crippen LogP) is -0.226. The Balaban J connectivity index is 1.45. The largest absolute Gasteiger partial charge is 0.337 e. The van der Waals surface area contributed by atoms with Gasteiger partial charge in [-0.3, -0.25) is 10.1 Å². The number of hydrogen-bond acceptors (Lipinski definition) is 8. The zero-order valence-electron chi connectivity index (χ0n) is 13.8. The summed E-state index contributed by atoms with van der Waals surface area (Å²) in [4.78, 5) is 44.3. The van der Waals surface area contributed by atoms with Gasteiger partial charge in [-0.2, -0.15) is 0 Å². The van der Waals surface area contributed by atoms with Crippen molar-refractivity contribution in [1.82, 2.24) is 30.6 Å². The molecule has 2 aliphatic rings. The van der Waals surface area contributed by atoms with Crippen molar-refractivity contribution in [3.63, 3.8) is 0 Å². The quantitative estimate of drug-likeness (QED) is 0.575. The molecular formula is C16H16N8O2. The summed E-state index contributed by atoms with van der Waals surface area (Å²) in [7, 11) is 0. The molecule has 4 heterocycles. The molecule has 2 aromatic heterocycles. The molecule has 0 aliphatic carbocycles. The van der Waals surface area contributed by atoms with Crippen LogP contribution in [0.15, 0.2) is 36.4 Å². The van der Waals surface area contributed by atoms with Gasteiger partial charge in [0.1, 0.15) is 5.70 Å². The predicted molar refractivity (Wildman–Crippen MR) is 93.1 cm³/mol. The first-order valence-electron chi connectivity index (χ1n) is 8.13. The molecule has 0 aromatic carbocycles. The minimum absolute atomic E-state index is 0.172. The fourth-order valence-electron chi connectivity index (χ4n) is 2.79. The molecule has 2 saturated heterocycles. The van der Waals surface area contributed by atoms with Gasteiger partial charge in [-0.1, -0.05) is 0 Å². The van der Waals surface area contributed by atoms with Gasteiger partial charge in [-0.25, -0.2) is 24.7 Å². The third-order valence-electron chi connectivity index (χ3n) is 4.07. The summed E-state index contributed by atoms with van der Waals surface area (Å²) in [5.74, 6) is 0.832. The van der Waals surface area contributed by atoms with Crippen LogP contribution in [0.5, 0.6) is 0 Å². The van der Waals surface area contributed by atoms with Crippen molar-refractivity contribution in [3.05, 3.63) is 42.1 Å². The van der Waals surface area contributed by atoms with Crippen LogP contribution in [0.2, 0.25) is 0 Å². The van der Waals surface area contributed by atoms with E-state index in [9.17, 15) is 9.59 Å². The van der Waals surface area contributed by atoms with Crippen LogP contribution in [0.4, 0.5) is 16.7 Å². The van der Waals surface area contributed by atoms with E-state index in [2.05, 4.69) is 40.4 Å². The van der Waals surface area contributed by atoms with Crippen LogP contribution in [0, 0.1) is 0 Å². The lowest BCUT2D eigenvalue weighted by Gasteiger charge is -2.34. The average molecular weight is 352 g/mol. The number of aromatic nitrogens is 4. The Kier molecular flexibility index (Phi) is 4.14. The topological polar surface area (TPSA) is 116 Å². The summed E-state index contributed by atoms with van der Waals surface area (Å²) >= 11 is 0. The van der Waals surface area contributed by atoms with Crippen molar-refractivity contribution < 1.29 is 9.59 Å². The fraction of sp³-hybridized carbons (Fsp3) is 0.250. The fourth-order valence-corrected chi connectivity index (χ4v) is 2.79. The third kappa shape index (κ3) is 3.29. The van der Waals surface area contributed by atoms with Crippen LogP contribution < -0.4 is 20.4 Å². The van der Waals surface area contributed by atoms with E-state index in [0.717, 1.165) is 32.1 Å². The van der Waals surface area contributed by atoms with Crippen LogP contribution in [-0.2, 0) is 4.79 Å². The van der Waals surface area contributed by atoms with Crippen molar-refractivity contribution in [3.8, 4) is 0 Å². The first-order chi connectivity index (χ1) is 12.7. The highest BCUT2D eigenvalue weighted by Gasteiger charge is 2.24. The van der Waals surface area contributed by atoms with Gasteiger partial charge in [-0.15, -0.1) is 0 Å². The van der Waals surface area contributed by atoms with Crippen molar-refractivity contribution in [2.75, 3.05) is 36.0 Å². The maximum absolute atomic E-state index is 11.6. The van der Waals surface area contributed by atoms with Crippen LogP contribution in [0.1, 0.15) is 5.69 Å². The number of carbonyl (C=O) groups is 2. The lowest BCUT2D eigenvalue weighted by atomic mass is 10.3. The molecule has 0 saturated carbocycles. The molecule has 10 heteroatoms. The highest BCUT2D eigenvalue weighted by atomic mass is 16.2. The van der Waals surface area contributed by atoms with Gasteiger partial charge >= 0.3 is 6.03 Å². The maximum Gasteiger partial charge on any atom is 0.326 e. The molecule has 2 aromatic rings. The Morgan fingerprint density at radius 2 is 1.54 bits per heavy atom. The molecular weight excluding hydrogens is 336 g/mol. The second-order valence-corrected chi connectivity index (χ2v) is 5.77. The van der Waals surface area contributed by atoms with E-state index in [1.807, 2.05) is 0 Å². The summed E-state index contributed by atoms with van der Waals surface area (Å²) in [6, 6.07) is 2.94. The van der Waals surface area contributed by atoms with Gasteiger partial charge in [-0.05, 0) is 18.2 Å². The Morgan fingerprint density at radius 3 is 2.19 bits per heavy atom. The van der Waals surface area contributed by atoms with Crippen LogP contribution >= 0.6 is 0 Å². The Hall–Kier alpha value is -3.56. The molecule has 10 nitrogen and oxygen atoms in total. The summed E-state index contributed by atoms with van der Waals surface area (Å²) < 4.78 is 0. The Bertz CT molecular complexity index is 862. The number of carbonyl (C=O) groups excluding carboxylic acids is 2. The Labute approximate surface area is 149 Å². The summed E-state index contributed by atoms with van der Waals surface area (Å²) in [5, 5.41) is 4.60. The van der Waals surface area contributed by atoms with E-state index in [0.29, 0.717) is 11.6 Å². The molecule has 2 fully saturated rings. The summed E-state index contributed by atoms with van der Waals surface area (Å²) in [6.07, 6.45) is 6.62. The normalized spacial score (nSPS) is 18.8. The second-order valence-electron chi connectivity index (χ2n) is 5.77. The molecule has 0 bridgehead atoms. The molecule has 2 aliphatic heterocycles. The van der Waals surface area contributed by atoms with Crippen molar-refractivity contribution in [2.45, 2.75) is 0 Å². The summed E-state index contributed by atoms with van der Waals surface area (Å²) in [6.45, 7) is 2.99. The molecule has 132 valence electrons. The number of imide groups is 1. The molecule has 0 atom stereocenters. The van der Waals surface area contributed by atoms with E-state index in [4.69, 9.17) is 0 Å². The number of urea groups is 1. The van der Waals surface area contributed by atoms with Gasteiger partial charge in [0.2, 0.25) is 11.9 Å². The maximum atomic E-state index is 11.6. The minimum atomic E-state index is -0.533. The van der Waals surface area contributed by atoms with Gasteiger partial charge in [0, 0.05) is 44.8 Å². The van der Waals surface area contributed by atoms with Crippen molar-refractivity contribution in [2.24, 2.45) is 0 Å². The second kappa shape index (κ2) is 6.75. The number of hydrogen-bond donors (Lipinski definition) is 2. The van der Waals surface area contributed by atoms with Gasteiger partial charge in [0.05, 0.1) is 5.69 Å². The number of piperazine rings is 1. The van der Waals surface area contributed by atoms with E-state index >= 15 is 0 Å². The Morgan fingerprint density at radius 1 is 0.885 bits per heavy atom. The number of nitrogens with zero attached hydrogens (tertiary/aromatic N) is 6. The van der Waals surface area contributed by atoms with Gasteiger partial charge < -0.3 is 15.1 Å². The smallest absolute Gasteiger partial charge is 0.326 e. The number of anilines is 2. The molecule has 0 radical (unpaired) electrons. The van der Waals surface area contributed by atoms with Crippen molar-refractivity contribution in [1.29, 1.82) is 0 Å². The van der Waals surface area contributed by atoms with E-state index in [-0.39, 0.29) is 5.70 Å². The third-order valence-corrected chi connectivity index (χ3v) is 4.07. The molecule has 0 unspecified atom stereocenters. The van der Waals surface area contributed by atoms with E-state index in [1.165, 1.54) is 6.08 Å². The van der Waals surface area contributed by atoms with E-state index in [1.54, 1.807) is 30.7 Å². The van der Waals surface area contributed by atoms with Crippen molar-refractivity contribution >= 4 is 29.9 Å². The highest BCUT2D eigenvalue weighted by molar-refractivity contribution is 6.13. The SMILES string of the molecule is O=C1NC(=O)/C(=C/c2ccnc(N3CCN(c4ncccn4)CC3)n2)N1. The molecule has 26 heavy (non-hydrogen) atoms. The first-order valence-corrected chi connectivity index (χ1v) is 8.13. The first kappa shape index (κ1) is 15.9. The number of amides is 3. The molecule has 2 N–H and O–H groups in total. The van der Waals surface area contributed by atoms with Crippen LogP contribution in [0.3, 0.4) is 0 Å². The molecule has 3 amide bonds. The van der Waals surface area contributed by atoms with Crippen LogP contribution in [0.25, 0.3) is 6.08 Å². The monoisotopic (exact) mass is 352 g/mol.